The summed E-state index contributed by atoms with van der Waals surface area (Å²) < 4.78 is 12.9. The van der Waals surface area contributed by atoms with Gasteiger partial charge in [-0.15, -0.1) is 0 Å². The van der Waals surface area contributed by atoms with Crippen LogP contribution in [0.5, 0.6) is 11.5 Å². The lowest BCUT2D eigenvalue weighted by Gasteiger charge is -2.06. The Morgan fingerprint density at radius 1 is 0.833 bits per heavy atom. The van der Waals surface area contributed by atoms with Gasteiger partial charge in [-0.1, -0.05) is 30.3 Å². The molecule has 24 heavy (non-hydrogen) atoms. The van der Waals surface area contributed by atoms with Crippen LogP contribution in [-0.4, -0.2) is 21.2 Å². The van der Waals surface area contributed by atoms with Crippen LogP contribution in [-0.2, 0) is 0 Å². The zero-order valence-corrected chi connectivity index (χ0v) is 12.7. The largest absolute Gasteiger partial charge is 0.454 e. The van der Waals surface area contributed by atoms with Gasteiger partial charge in [0.2, 0.25) is 6.79 Å². The number of imidazole rings is 1. The number of aromatic nitrogens is 3. The van der Waals surface area contributed by atoms with Gasteiger partial charge in [-0.2, -0.15) is 0 Å². The molecule has 0 spiro atoms. The van der Waals surface area contributed by atoms with Gasteiger partial charge in [0, 0.05) is 17.3 Å². The summed E-state index contributed by atoms with van der Waals surface area (Å²) in [7, 11) is 0. The molecule has 0 unspecified atom stereocenters. The predicted molar refractivity (Wildman–Crippen MR) is 90.0 cm³/mol. The topological polar surface area (TPSA) is 48.7 Å². The van der Waals surface area contributed by atoms with Crippen molar-refractivity contribution in [3.63, 3.8) is 0 Å². The highest BCUT2D eigenvalue weighted by molar-refractivity contribution is 5.69. The summed E-state index contributed by atoms with van der Waals surface area (Å²) in [6, 6.07) is 16.0. The molecule has 0 saturated carbocycles. The average molecular weight is 315 g/mol. The second kappa shape index (κ2) is 5.09. The molecule has 1 aliphatic rings. The minimum Gasteiger partial charge on any atom is -0.454 e. The fraction of sp³-hybridized carbons (Fsp3) is 0.0526. The van der Waals surface area contributed by atoms with Gasteiger partial charge in [0.25, 0.3) is 0 Å². The summed E-state index contributed by atoms with van der Waals surface area (Å²) in [5, 5.41) is 0. The standard InChI is InChI=1S/C19H13N3O2/c1-2-4-13(5-3-1)15-11-22-16(9-21-19(22)10-20-15)14-6-7-17-18(8-14)24-12-23-17/h1-11H,12H2. The van der Waals surface area contributed by atoms with E-state index in [1.54, 1.807) is 6.20 Å². The van der Waals surface area contributed by atoms with Crippen molar-refractivity contribution in [2.45, 2.75) is 0 Å². The van der Waals surface area contributed by atoms with E-state index in [2.05, 4.69) is 9.97 Å². The molecule has 0 aliphatic carbocycles. The molecule has 1 aliphatic heterocycles. The Morgan fingerprint density at radius 3 is 2.62 bits per heavy atom. The van der Waals surface area contributed by atoms with Crippen LogP contribution in [0.3, 0.4) is 0 Å². The Labute approximate surface area is 138 Å². The zero-order chi connectivity index (χ0) is 15.9. The number of fused-ring (bicyclic) bond motifs is 2. The summed E-state index contributed by atoms with van der Waals surface area (Å²) in [6.07, 6.45) is 5.65. The van der Waals surface area contributed by atoms with E-state index in [4.69, 9.17) is 9.47 Å². The lowest BCUT2D eigenvalue weighted by Crippen LogP contribution is -1.93. The van der Waals surface area contributed by atoms with Crippen molar-refractivity contribution in [3.8, 4) is 34.0 Å². The molecule has 0 amide bonds. The van der Waals surface area contributed by atoms with E-state index in [9.17, 15) is 0 Å². The molecule has 5 heteroatoms. The van der Waals surface area contributed by atoms with Gasteiger partial charge >= 0.3 is 0 Å². The van der Waals surface area contributed by atoms with E-state index < -0.39 is 0 Å². The van der Waals surface area contributed by atoms with Gasteiger partial charge in [0.15, 0.2) is 17.1 Å². The van der Waals surface area contributed by atoms with Crippen LogP contribution in [0.1, 0.15) is 0 Å². The summed E-state index contributed by atoms with van der Waals surface area (Å²) >= 11 is 0. The van der Waals surface area contributed by atoms with Crippen LogP contribution in [0.2, 0.25) is 0 Å². The molecule has 0 radical (unpaired) electrons. The highest BCUT2D eigenvalue weighted by Crippen LogP contribution is 2.36. The third-order valence-electron chi connectivity index (χ3n) is 4.13. The van der Waals surface area contributed by atoms with E-state index in [0.29, 0.717) is 0 Å². The summed E-state index contributed by atoms with van der Waals surface area (Å²) in [4.78, 5) is 8.97. The van der Waals surface area contributed by atoms with Gasteiger partial charge in [0.05, 0.1) is 23.8 Å². The molecule has 116 valence electrons. The van der Waals surface area contributed by atoms with Gasteiger partial charge in [-0.3, -0.25) is 9.38 Å². The van der Waals surface area contributed by atoms with Crippen LogP contribution < -0.4 is 9.47 Å². The minimum absolute atomic E-state index is 0.272. The smallest absolute Gasteiger partial charge is 0.231 e. The van der Waals surface area contributed by atoms with E-state index in [1.807, 2.05) is 65.3 Å². The summed E-state index contributed by atoms with van der Waals surface area (Å²) in [6.45, 7) is 0.272. The second-order valence-electron chi connectivity index (χ2n) is 5.58. The monoisotopic (exact) mass is 315 g/mol. The Morgan fingerprint density at radius 2 is 1.71 bits per heavy atom. The maximum Gasteiger partial charge on any atom is 0.231 e. The molecule has 5 nitrogen and oxygen atoms in total. The Bertz CT molecular complexity index is 1040. The quantitative estimate of drug-likeness (QED) is 0.564. The predicted octanol–water partition coefficient (Wildman–Crippen LogP) is 3.79. The number of hydrogen-bond donors (Lipinski definition) is 0. The van der Waals surface area contributed by atoms with Crippen molar-refractivity contribution >= 4 is 5.65 Å². The summed E-state index contributed by atoms with van der Waals surface area (Å²) in [5.41, 5.74) is 4.80. The van der Waals surface area contributed by atoms with E-state index in [0.717, 1.165) is 39.7 Å². The molecule has 4 aromatic rings. The fourth-order valence-corrected chi connectivity index (χ4v) is 2.92. The number of hydrogen-bond acceptors (Lipinski definition) is 4. The molecule has 0 bridgehead atoms. The minimum atomic E-state index is 0.272. The first-order chi connectivity index (χ1) is 11.9. The first-order valence-corrected chi connectivity index (χ1v) is 7.67. The molecule has 0 fully saturated rings. The van der Waals surface area contributed by atoms with Crippen LogP contribution in [0.4, 0.5) is 0 Å². The number of nitrogens with zero attached hydrogens (tertiary/aromatic N) is 3. The van der Waals surface area contributed by atoms with E-state index in [1.165, 1.54) is 0 Å². The first kappa shape index (κ1) is 13.1. The van der Waals surface area contributed by atoms with Crippen molar-refractivity contribution in [3.05, 3.63) is 67.1 Å². The summed E-state index contributed by atoms with van der Waals surface area (Å²) in [5.74, 6) is 1.54. The normalized spacial score (nSPS) is 12.7. The Balaban J connectivity index is 1.66. The zero-order valence-electron chi connectivity index (χ0n) is 12.7. The maximum atomic E-state index is 5.48. The molecular formula is C19H13N3O2. The first-order valence-electron chi connectivity index (χ1n) is 7.67. The number of benzene rings is 2. The number of rotatable bonds is 2. The van der Waals surface area contributed by atoms with Crippen LogP contribution in [0, 0.1) is 0 Å². The molecule has 2 aromatic carbocycles. The van der Waals surface area contributed by atoms with Gasteiger partial charge in [-0.05, 0) is 18.2 Å². The molecule has 0 atom stereocenters. The van der Waals surface area contributed by atoms with E-state index >= 15 is 0 Å². The van der Waals surface area contributed by atoms with Gasteiger partial charge < -0.3 is 9.47 Å². The Hall–Kier alpha value is -3.34. The molecule has 0 N–H and O–H groups in total. The molecule has 5 rings (SSSR count). The molecule has 0 saturated heterocycles. The van der Waals surface area contributed by atoms with Crippen molar-refractivity contribution in [2.24, 2.45) is 0 Å². The highest BCUT2D eigenvalue weighted by Gasteiger charge is 2.16. The van der Waals surface area contributed by atoms with E-state index in [-0.39, 0.29) is 6.79 Å². The van der Waals surface area contributed by atoms with Gasteiger partial charge in [-0.25, -0.2) is 4.98 Å². The second-order valence-corrected chi connectivity index (χ2v) is 5.58. The maximum absolute atomic E-state index is 5.48. The van der Waals surface area contributed by atoms with Crippen LogP contribution in [0.15, 0.2) is 67.1 Å². The van der Waals surface area contributed by atoms with Crippen molar-refractivity contribution in [1.29, 1.82) is 0 Å². The van der Waals surface area contributed by atoms with Crippen molar-refractivity contribution < 1.29 is 9.47 Å². The van der Waals surface area contributed by atoms with Gasteiger partial charge in [0.1, 0.15) is 0 Å². The van der Waals surface area contributed by atoms with Crippen LogP contribution in [0.25, 0.3) is 28.2 Å². The fourth-order valence-electron chi connectivity index (χ4n) is 2.92. The molecule has 3 heterocycles. The molecular weight excluding hydrogens is 302 g/mol. The van der Waals surface area contributed by atoms with Crippen molar-refractivity contribution in [2.75, 3.05) is 6.79 Å². The van der Waals surface area contributed by atoms with Crippen LogP contribution >= 0.6 is 0 Å². The third kappa shape index (κ3) is 2.02. The third-order valence-corrected chi connectivity index (χ3v) is 4.13. The molecule has 2 aromatic heterocycles. The highest BCUT2D eigenvalue weighted by atomic mass is 16.7. The lowest BCUT2D eigenvalue weighted by atomic mass is 10.1. The lowest BCUT2D eigenvalue weighted by molar-refractivity contribution is 0.174. The Kier molecular flexibility index (Phi) is 2.79. The van der Waals surface area contributed by atoms with Crippen molar-refractivity contribution in [1.82, 2.24) is 14.4 Å². The average Bonchev–Trinajstić information content (AvgIpc) is 3.27. The number of ether oxygens (including phenoxy) is 2. The SMILES string of the molecule is c1ccc(-c2cn3c(-c4ccc5c(c4)OCO5)cnc3cn2)cc1.